The Bertz CT molecular complexity index is 487. The van der Waals surface area contributed by atoms with Crippen molar-refractivity contribution in [2.24, 2.45) is 0 Å². The maximum Gasteiger partial charge on any atom is 0.231 e. The fourth-order valence-electron chi connectivity index (χ4n) is 1.63. The molecule has 1 aliphatic rings. The zero-order chi connectivity index (χ0) is 12.4. The van der Waals surface area contributed by atoms with Crippen LogP contribution in [0.1, 0.15) is 20.7 Å². The van der Waals surface area contributed by atoms with Gasteiger partial charge in [-0.1, -0.05) is 11.6 Å². The van der Waals surface area contributed by atoms with Gasteiger partial charge in [0.05, 0.1) is 22.7 Å². The van der Waals surface area contributed by atoms with E-state index in [2.05, 4.69) is 5.32 Å². The molecule has 1 aromatic rings. The highest BCUT2D eigenvalue weighted by Gasteiger charge is 2.27. The third-order valence-electron chi connectivity index (χ3n) is 2.39. The van der Waals surface area contributed by atoms with E-state index in [1.807, 2.05) is 0 Å². The SMILES string of the molecule is CNCC(=O)c1cc(Cl)c(C=O)c2c1OCO2. The van der Waals surface area contributed by atoms with Crippen molar-refractivity contribution in [3.8, 4) is 11.5 Å². The van der Waals surface area contributed by atoms with Gasteiger partial charge >= 0.3 is 0 Å². The minimum Gasteiger partial charge on any atom is -0.453 e. The Labute approximate surface area is 103 Å². The molecule has 0 saturated heterocycles. The van der Waals surface area contributed by atoms with E-state index < -0.39 is 0 Å². The molecule has 0 atom stereocenters. The number of hydrogen-bond donors (Lipinski definition) is 1. The molecule has 0 aromatic heterocycles. The van der Waals surface area contributed by atoms with E-state index in [0.717, 1.165) is 0 Å². The van der Waals surface area contributed by atoms with Crippen molar-refractivity contribution in [1.82, 2.24) is 5.32 Å². The molecular weight excluding hydrogens is 246 g/mol. The maximum atomic E-state index is 11.8. The summed E-state index contributed by atoms with van der Waals surface area (Å²) in [6, 6.07) is 1.43. The number of ketones is 1. The first kappa shape index (κ1) is 11.9. The van der Waals surface area contributed by atoms with Crippen LogP contribution in [0.25, 0.3) is 0 Å². The molecule has 0 amide bonds. The number of carbonyl (C=O) groups is 2. The number of carbonyl (C=O) groups excluding carboxylic acids is 2. The first-order valence-corrected chi connectivity index (χ1v) is 5.32. The summed E-state index contributed by atoms with van der Waals surface area (Å²) in [6.07, 6.45) is 0.585. The molecule has 0 saturated carbocycles. The number of Topliss-reactive ketones (excluding diaryl/α,β-unsaturated/α-hetero) is 1. The third kappa shape index (κ3) is 1.99. The molecule has 90 valence electrons. The van der Waals surface area contributed by atoms with Gasteiger partial charge < -0.3 is 14.8 Å². The van der Waals surface area contributed by atoms with E-state index in [1.165, 1.54) is 6.07 Å². The van der Waals surface area contributed by atoms with Gasteiger partial charge in [0.2, 0.25) is 6.79 Å². The molecule has 0 aliphatic carbocycles. The standard InChI is InChI=1S/C11H10ClNO4/c1-13-3-9(15)6-2-8(12)7(4-14)11-10(6)16-5-17-11/h2,4,13H,3,5H2,1H3. The predicted molar refractivity (Wildman–Crippen MR) is 61.2 cm³/mol. The molecule has 1 aliphatic heterocycles. The quantitative estimate of drug-likeness (QED) is 0.649. The lowest BCUT2D eigenvalue weighted by molar-refractivity contribution is 0.0988. The minimum absolute atomic E-state index is 0.0175. The smallest absolute Gasteiger partial charge is 0.231 e. The molecule has 1 heterocycles. The summed E-state index contributed by atoms with van der Waals surface area (Å²) in [4.78, 5) is 22.7. The maximum absolute atomic E-state index is 11.8. The van der Waals surface area contributed by atoms with Gasteiger partial charge in [0, 0.05) is 0 Å². The van der Waals surface area contributed by atoms with E-state index in [4.69, 9.17) is 21.1 Å². The monoisotopic (exact) mass is 255 g/mol. The molecule has 6 heteroatoms. The number of fused-ring (bicyclic) bond motifs is 1. The van der Waals surface area contributed by atoms with Crippen molar-refractivity contribution in [2.45, 2.75) is 0 Å². The van der Waals surface area contributed by atoms with Crippen LogP contribution in [0.4, 0.5) is 0 Å². The summed E-state index contributed by atoms with van der Waals surface area (Å²) in [5.41, 5.74) is 0.530. The van der Waals surface area contributed by atoms with Gasteiger partial charge in [-0.05, 0) is 13.1 Å². The first-order chi connectivity index (χ1) is 8.19. The summed E-state index contributed by atoms with van der Waals surface area (Å²) in [5.74, 6) is 0.359. The lowest BCUT2D eigenvalue weighted by atomic mass is 10.1. The number of rotatable bonds is 4. The zero-order valence-electron chi connectivity index (χ0n) is 9.08. The fourth-order valence-corrected chi connectivity index (χ4v) is 1.87. The van der Waals surface area contributed by atoms with E-state index in [-0.39, 0.29) is 41.2 Å². The van der Waals surface area contributed by atoms with Gasteiger partial charge in [0.25, 0.3) is 0 Å². The second-order valence-corrected chi connectivity index (χ2v) is 3.86. The van der Waals surface area contributed by atoms with Crippen molar-refractivity contribution in [1.29, 1.82) is 0 Å². The topological polar surface area (TPSA) is 64.6 Å². The van der Waals surface area contributed by atoms with Gasteiger partial charge in [-0.2, -0.15) is 0 Å². The molecule has 2 rings (SSSR count). The average molecular weight is 256 g/mol. The Balaban J connectivity index is 2.55. The van der Waals surface area contributed by atoms with Crippen LogP contribution in [0, 0.1) is 0 Å². The van der Waals surface area contributed by atoms with E-state index in [9.17, 15) is 9.59 Å². The van der Waals surface area contributed by atoms with Crippen LogP contribution in [0.15, 0.2) is 6.07 Å². The van der Waals surface area contributed by atoms with Crippen molar-refractivity contribution in [2.75, 3.05) is 20.4 Å². The summed E-state index contributed by atoms with van der Waals surface area (Å²) >= 11 is 5.92. The summed E-state index contributed by atoms with van der Waals surface area (Å²) < 4.78 is 10.4. The largest absolute Gasteiger partial charge is 0.453 e. The van der Waals surface area contributed by atoms with Gasteiger partial charge in [0.1, 0.15) is 0 Å². The predicted octanol–water partition coefficient (Wildman–Crippen LogP) is 1.28. The van der Waals surface area contributed by atoms with Crippen molar-refractivity contribution < 1.29 is 19.1 Å². The molecule has 0 fully saturated rings. The van der Waals surface area contributed by atoms with Crippen molar-refractivity contribution in [3.05, 3.63) is 22.2 Å². The lowest BCUT2D eigenvalue weighted by Gasteiger charge is -2.07. The Hall–Kier alpha value is -1.59. The second-order valence-electron chi connectivity index (χ2n) is 3.46. The molecule has 1 N–H and O–H groups in total. The molecule has 1 aromatic carbocycles. The Morgan fingerprint density at radius 2 is 2.24 bits per heavy atom. The van der Waals surface area contributed by atoms with Crippen LogP contribution in [-0.4, -0.2) is 32.5 Å². The molecule has 0 radical (unpaired) electrons. The number of aldehydes is 1. The number of hydrogen-bond acceptors (Lipinski definition) is 5. The van der Waals surface area contributed by atoms with Crippen LogP contribution in [0.3, 0.4) is 0 Å². The third-order valence-corrected chi connectivity index (χ3v) is 2.70. The van der Waals surface area contributed by atoms with Crippen LogP contribution in [0.2, 0.25) is 5.02 Å². The van der Waals surface area contributed by atoms with E-state index >= 15 is 0 Å². The average Bonchev–Trinajstić information content (AvgIpc) is 2.77. The number of benzene rings is 1. The first-order valence-electron chi connectivity index (χ1n) is 4.94. The van der Waals surface area contributed by atoms with Crippen LogP contribution < -0.4 is 14.8 Å². The van der Waals surface area contributed by atoms with Crippen LogP contribution in [0.5, 0.6) is 11.5 Å². The zero-order valence-corrected chi connectivity index (χ0v) is 9.84. The number of likely N-dealkylation sites (N-methyl/N-ethyl adjacent to an activating group) is 1. The lowest BCUT2D eigenvalue weighted by Crippen LogP contribution is -2.19. The van der Waals surface area contributed by atoms with Gasteiger partial charge in [-0.25, -0.2) is 0 Å². The van der Waals surface area contributed by atoms with Crippen molar-refractivity contribution in [3.63, 3.8) is 0 Å². The van der Waals surface area contributed by atoms with E-state index in [1.54, 1.807) is 7.05 Å². The number of ether oxygens (including phenoxy) is 2. The number of nitrogens with one attached hydrogen (secondary N) is 1. The van der Waals surface area contributed by atoms with Gasteiger partial charge in [-0.3, -0.25) is 9.59 Å². The molecule has 17 heavy (non-hydrogen) atoms. The number of halogens is 1. The Morgan fingerprint density at radius 3 is 2.88 bits per heavy atom. The Morgan fingerprint density at radius 1 is 1.53 bits per heavy atom. The van der Waals surface area contributed by atoms with Crippen molar-refractivity contribution >= 4 is 23.7 Å². The summed E-state index contributed by atoms with van der Waals surface area (Å²) in [6.45, 7) is 0.142. The van der Waals surface area contributed by atoms with Gasteiger partial charge in [0.15, 0.2) is 23.6 Å². The second kappa shape index (κ2) is 4.73. The normalized spacial score (nSPS) is 12.6. The molecular formula is C11H10ClNO4. The summed E-state index contributed by atoms with van der Waals surface area (Å²) in [5, 5.41) is 2.93. The summed E-state index contributed by atoms with van der Waals surface area (Å²) in [7, 11) is 1.66. The molecule has 0 spiro atoms. The molecule has 0 bridgehead atoms. The van der Waals surface area contributed by atoms with Gasteiger partial charge in [-0.15, -0.1) is 0 Å². The Kier molecular flexibility index (Phi) is 3.31. The highest BCUT2D eigenvalue weighted by Crippen LogP contribution is 2.41. The minimum atomic E-state index is -0.173. The highest BCUT2D eigenvalue weighted by molar-refractivity contribution is 6.34. The van der Waals surface area contributed by atoms with Crippen LogP contribution >= 0.6 is 11.6 Å². The molecule has 5 nitrogen and oxygen atoms in total. The molecule has 0 unspecified atom stereocenters. The fraction of sp³-hybridized carbons (Fsp3) is 0.273. The van der Waals surface area contributed by atoms with Crippen LogP contribution in [-0.2, 0) is 0 Å². The highest BCUT2D eigenvalue weighted by atomic mass is 35.5. The van der Waals surface area contributed by atoms with E-state index in [0.29, 0.717) is 11.8 Å².